The van der Waals surface area contributed by atoms with Crippen LogP contribution in [0.4, 0.5) is 11.4 Å². The van der Waals surface area contributed by atoms with Crippen LogP contribution in [-0.4, -0.2) is 37.0 Å². The molecule has 170 valence electrons. The summed E-state index contributed by atoms with van der Waals surface area (Å²) in [6.07, 6.45) is 6.84. The van der Waals surface area contributed by atoms with Gasteiger partial charge in [0.1, 0.15) is 5.75 Å². The van der Waals surface area contributed by atoms with E-state index >= 15 is 0 Å². The minimum Gasteiger partial charge on any atom is -0.497 e. The second-order valence-electron chi connectivity index (χ2n) is 8.01. The first-order valence-electron chi connectivity index (χ1n) is 11.2. The van der Waals surface area contributed by atoms with E-state index in [1.807, 2.05) is 24.3 Å². The van der Waals surface area contributed by atoms with Gasteiger partial charge in [-0.2, -0.15) is 0 Å². The molecule has 4 rings (SSSR count). The van der Waals surface area contributed by atoms with Gasteiger partial charge in [0.05, 0.1) is 12.7 Å². The second-order valence-corrected chi connectivity index (χ2v) is 8.01. The summed E-state index contributed by atoms with van der Waals surface area (Å²) in [5.74, 6) is 0.164. The van der Waals surface area contributed by atoms with Crippen molar-refractivity contribution in [3.8, 4) is 5.75 Å². The third-order valence-electron chi connectivity index (χ3n) is 5.70. The number of amides is 2. The zero-order chi connectivity index (χ0) is 23.0. The Morgan fingerprint density at radius 3 is 2.61 bits per heavy atom. The molecule has 0 saturated carbocycles. The summed E-state index contributed by atoms with van der Waals surface area (Å²) in [5.41, 5.74) is 3.40. The lowest BCUT2D eigenvalue weighted by molar-refractivity contribution is 0.0950. The molecule has 2 aromatic carbocycles. The van der Waals surface area contributed by atoms with Gasteiger partial charge in [0.2, 0.25) is 0 Å². The topological polar surface area (TPSA) is 83.6 Å². The fraction of sp³-hybridized carbons (Fsp3) is 0.269. The Hall–Kier alpha value is -3.87. The van der Waals surface area contributed by atoms with E-state index in [9.17, 15) is 9.59 Å². The van der Waals surface area contributed by atoms with Crippen molar-refractivity contribution in [3.05, 3.63) is 83.7 Å². The second kappa shape index (κ2) is 10.6. The predicted octanol–water partition coefficient (Wildman–Crippen LogP) is 4.26. The fourth-order valence-electron chi connectivity index (χ4n) is 3.95. The zero-order valence-corrected chi connectivity index (χ0v) is 18.7. The van der Waals surface area contributed by atoms with E-state index < -0.39 is 0 Å². The number of hydrogen-bond donors (Lipinski definition) is 2. The molecule has 0 spiro atoms. The minimum absolute atomic E-state index is 0.183. The highest BCUT2D eigenvalue weighted by molar-refractivity contribution is 6.06. The maximum absolute atomic E-state index is 13.2. The third kappa shape index (κ3) is 5.68. The molecule has 0 bridgehead atoms. The number of pyridine rings is 1. The van der Waals surface area contributed by atoms with Crippen molar-refractivity contribution >= 4 is 23.2 Å². The maximum atomic E-state index is 13.2. The van der Waals surface area contributed by atoms with Gasteiger partial charge in [0, 0.05) is 49.0 Å². The monoisotopic (exact) mass is 444 g/mol. The summed E-state index contributed by atoms with van der Waals surface area (Å²) < 4.78 is 5.21. The van der Waals surface area contributed by atoms with Gasteiger partial charge in [-0.05, 0) is 67.3 Å². The Morgan fingerprint density at radius 1 is 1.00 bits per heavy atom. The molecule has 0 aliphatic carbocycles. The minimum atomic E-state index is -0.263. The molecule has 7 heteroatoms. The molecular formula is C26H28N4O3. The van der Waals surface area contributed by atoms with Crippen LogP contribution in [0.5, 0.6) is 5.75 Å². The number of nitrogens with one attached hydrogen (secondary N) is 2. The van der Waals surface area contributed by atoms with E-state index in [1.165, 1.54) is 6.42 Å². The number of anilines is 2. The van der Waals surface area contributed by atoms with E-state index in [0.29, 0.717) is 29.1 Å². The number of hydrogen-bond acceptors (Lipinski definition) is 5. The van der Waals surface area contributed by atoms with Crippen molar-refractivity contribution in [2.75, 3.05) is 30.4 Å². The number of rotatable bonds is 7. The van der Waals surface area contributed by atoms with Gasteiger partial charge in [-0.3, -0.25) is 14.6 Å². The van der Waals surface area contributed by atoms with E-state index in [0.717, 1.165) is 37.2 Å². The average Bonchev–Trinajstić information content (AvgIpc) is 2.88. The van der Waals surface area contributed by atoms with Crippen molar-refractivity contribution in [2.45, 2.75) is 25.8 Å². The molecule has 7 nitrogen and oxygen atoms in total. The van der Waals surface area contributed by atoms with Crippen LogP contribution in [0.1, 0.15) is 45.5 Å². The molecule has 1 aromatic heterocycles. The van der Waals surface area contributed by atoms with E-state index in [-0.39, 0.29) is 11.8 Å². The Kier molecular flexibility index (Phi) is 7.19. The standard InChI is InChI=1S/C26H28N4O3/c1-33-22-9-5-8-20(15-22)25(31)29-21-10-11-24(30-13-3-2-4-14-30)23(16-21)26(32)28-18-19-7-6-12-27-17-19/h5-12,15-17H,2-4,13-14,18H2,1H3,(H,28,32)(H,29,31). The first-order chi connectivity index (χ1) is 16.1. The Labute approximate surface area is 193 Å². The van der Waals surface area contributed by atoms with E-state index in [2.05, 4.69) is 20.5 Å². The van der Waals surface area contributed by atoms with E-state index in [1.54, 1.807) is 49.8 Å². The van der Waals surface area contributed by atoms with Crippen LogP contribution in [0.2, 0.25) is 0 Å². The first-order valence-corrected chi connectivity index (χ1v) is 11.2. The van der Waals surface area contributed by atoms with Crippen LogP contribution < -0.4 is 20.3 Å². The van der Waals surface area contributed by atoms with Gasteiger partial charge in [-0.25, -0.2) is 0 Å². The van der Waals surface area contributed by atoms with Gasteiger partial charge in [-0.15, -0.1) is 0 Å². The van der Waals surface area contributed by atoms with Gasteiger partial charge in [0.25, 0.3) is 11.8 Å². The molecule has 33 heavy (non-hydrogen) atoms. The highest BCUT2D eigenvalue weighted by Gasteiger charge is 2.20. The van der Waals surface area contributed by atoms with E-state index in [4.69, 9.17) is 4.74 Å². The van der Waals surface area contributed by atoms with Crippen molar-refractivity contribution < 1.29 is 14.3 Å². The van der Waals surface area contributed by atoms with Gasteiger partial charge in [-0.1, -0.05) is 12.1 Å². The molecule has 1 aliphatic rings. The number of ether oxygens (including phenoxy) is 1. The quantitative estimate of drug-likeness (QED) is 0.569. The molecule has 1 saturated heterocycles. The van der Waals surface area contributed by atoms with Crippen LogP contribution in [0, 0.1) is 0 Å². The number of methoxy groups -OCH3 is 1. The lowest BCUT2D eigenvalue weighted by atomic mass is 10.1. The molecule has 0 unspecified atom stereocenters. The van der Waals surface area contributed by atoms with Crippen LogP contribution in [-0.2, 0) is 6.54 Å². The molecule has 1 aliphatic heterocycles. The lowest BCUT2D eigenvalue weighted by Gasteiger charge is -2.30. The lowest BCUT2D eigenvalue weighted by Crippen LogP contribution is -2.32. The molecule has 2 N–H and O–H groups in total. The van der Waals surface area contributed by atoms with Crippen molar-refractivity contribution in [3.63, 3.8) is 0 Å². The third-order valence-corrected chi connectivity index (χ3v) is 5.70. The van der Waals surface area contributed by atoms with Crippen molar-refractivity contribution in [1.29, 1.82) is 0 Å². The number of carbonyl (C=O) groups excluding carboxylic acids is 2. The molecule has 2 amide bonds. The molecule has 1 fully saturated rings. The molecule has 3 aromatic rings. The SMILES string of the molecule is COc1cccc(C(=O)Nc2ccc(N3CCCCC3)c(C(=O)NCc3cccnc3)c2)c1. The Morgan fingerprint density at radius 2 is 1.85 bits per heavy atom. The molecule has 0 radical (unpaired) electrons. The largest absolute Gasteiger partial charge is 0.497 e. The smallest absolute Gasteiger partial charge is 0.255 e. The fourth-order valence-corrected chi connectivity index (χ4v) is 3.95. The number of piperidine rings is 1. The summed E-state index contributed by atoms with van der Waals surface area (Å²) in [4.78, 5) is 32.3. The summed E-state index contributed by atoms with van der Waals surface area (Å²) in [5, 5.41) is 5.89. The summed E-state index contributed by atoms with van der Waals surface area (Å²) in [6.45, 7) is 2.21. The van der Waals surface area contributed by atoms with Gasteiger partial charge < -0.3 is 20.3 Å². The van der Waals surface area contributed by atoms with Gasteiger partial charge in [0.15, 0.2) is 0 Å². The number of carbonyl (C=O) groups is 2. The zero-order valence-electron chi connectivity index (χ0n) is 18.7. The normalized spacial score (nSPS) is 13.3. The number of benzene rings is 2. The summed E-state index contributed by atoms with van der Waals surface area (Å²) >= 11 is 0. The van der Waals surface area contributed by atoms with Crippen molar-refractivity contribution in [1.82, 2.24) is 10.3 Å². The maximum Gasteiger partial charge on any atom is 0.255 e. The van der Waals surface area contributed by atoms with Crippen LogP contribution in [0.25, 0.3) is 0 Å². The number of nitrogens with zero attached hydrogens (tertiary/aromatic N) is 2. The highest BCUT2D eigenvalue weighted by Crippen LogP contribution is 2.28. The Bertz CT molecular complexity index is 1110. The average molecular weight is 445 g/mol. The summed E-state index contributed by atoms with van der Waals surface area (Å²) in [6, 6.07) is 16.2. The van der Waals surface area contributed by atoms with Crippen molar-refractivity contribution in [2.24, 2.45) is 0 Å². The van der Waals surface area contributed by atoms with Crippen LogP contribution >= 0.6 is 0 Å². The van der Waals surface area contributed by atoms with Crippen LogP contribution in [0.15, 0.2) is 67.0 Å². The molecular weight excluding hydrogens is 416 g/mol. The predicted molar refractivity (Wildman–Crippen MR) is 129 cm³/mol. The Balaban J connectivity index is 1.56. The molecule has 0 atom stereocenters. The first kappa shape index (κ1) is 22.3. The van der Waals surface area contributed by atoms with Crippen LogP contribution in [0.3, 0.4) is 0 Å². The number of aromatic nitrogens is 1. The van der Waals surface area contributed by atoms with Gasteiger partial charge >= 0.3 is 0 Å². The highest BCUT2D eigenvalue weighted by atomic mass is 16.5. The molecule has 2 heterocycles. The summed E-state index contributed by atoms with van der Waals surface area (Å²) in [7, 11) is 1.56.